The number of sulfonamides is 1. The summed E-state index contributed by atoms with van der Waals surface area (Å²) in [5.41, 5.74) is -1.31. The maximum atomic E-state index is 14.4. The van der Waals surface area contributed by atoms with Crippen LogP contribution in [0.3, 0.4) is 0 Å². The summed E-state index contributed by atoms with van der Waals surface area (Å²) in [7, 11) is -3.62. The summed E-state index contributed by atoms with van der Waals surface area (Å²) in [5, 5.41) is 18.9. The first kappa shape index (κ1) is 31.8. The number of ether oxygens (including phenoxy) is 2. The van der Waals surface area contributed by atoms with Crippen molar-refractivity contribution in [2.75, 3.05) is 39.9 Å². The van der Waals surface area contributed by atoms with Gasteiger partial charge in [0.05, 0.1) is 43.0 Å². The van der Waals surface area contributed by atoms with E-state index in [9.17, 15) is 32.7 Å². The van der Waals surface area contributed by atoms with E-state index in [1.165, 1.54) is 20.0 Å². The summed E-state index contributed by atoms with van der Waals surface area (Å²) < 4.78 is 39.8. The molecule has 3 amide bonds. The van der Waals surface area contributed by atoms with Crippen molar-refractivity contribution < 1.29 is 42.2 Å². The van der Waals surface area contributed by atoms with Gasteiger partial charge in [-0.2, -0.15) is 5.10 Å². The smallest absolute Gasteiger partial charge is 0.337 e. The van der Waals surface area contributed by atoms with Crippen molar-refractivity contribution in [2.24, 2.45) is 16.9 Å². The number of hydrogen-bond donors (Lipinski definition) is 4. The SMILES string of the molecule is CCOC(=O)CCNC(=O)N(C(C)C1CC1)S(=O)(=O)c1c(C(=O)O)ccc(C=NN)c1C(=O)N(C)C1CNCCO1. The fourth-order valence-electron chi connectivity index (χ4n) is 4.51. The summed E-state index contributed by atoms with van der Waals surface area (Å²) in [6.45, 7) is 4.15. The molecule has 15 nitrogen and oxygen atoms in total. The van der Waals surface area contributed by atoms with Crippen LogP contribution in [0.15, 0.2) is 22.1 Å². The zero-order valence-corrected chi connectivity index (χ0v) is 24.0. The highest BCUT2D eigenvalue weighted by Gasteiger charge is 2.45. The number of carboxylic acids is 1. The summed E-state index contributed by atoms with van der Waals surface area (Å²) in [6, 6.07) is 0.269. The van der Waals surface area contributed by atoms with E-state index in [4.69, 9.17) is 15.3 Å². The third-order valence-electron chi connectivity index (χ3n) is 6.81. The molecule has 1 aliphatic carbocycles. The molecular formula is C25H36N6O9S. The maximum absolute atomic E-state index is 14.4. The molecule has 1 saturated heterocycles. The zero-order valence-electron chi connectivity index (χ0n) is 23.2. The average molecular weight is 597 g/mol. The summed E-state index contributed by atoms with van der Waals surface area (Å²) in [4.78, 5) is 51.6. The number of hydrogen-bond acceptors (Lipinski definition) is 11. The number of carbonyl (C=O) groups is 4. The number of urea groups is 1. The van der Waals surface area contributed by atoms with Gasteiger partial charge < -0.3 is 36.0 Å². The van der Waals surface area contributed by atoms with Gasteiger partial charge in [0, 0.05) is 32.2 Å². The quantitative estimate of drug-likeness (QED) is 0.110. The number of amides is 3. The lowest BCUT2D eigenvalue weighted by atomic mass is 10.0. The van der Waals surface area contributed by atoms with E-state index in [0.29, 0.717) is 30.3 Å². The van der Waals surface area contributed by atoms with E-state index in [2.05, 4.69) is 15.7 Å². The molecule has 226 valence electrons. The molecule has 5 N–H and O–H groups in total. The molecule has 1 aromatic carbocycles. The lowest BCUT2D eigenvalue weighted by molar-refractivity contribution is -0.142. The second-order valence-electron chi connectivity index (χ2n) is 9.60. The lowest BCUT2D eigenvalue weighted by Crippen LogP contribution is -2.51. The van der Waals surface area contributed by atoms with E-state index in [-0.39, 0.29) is 37.6 Å². The lowest BCUT2D eigenvalue weighted by Gasteiger charge is -2.33. The van der Waals surface area contributed by atoms with Crippen LogP contribution in [-0.2, 0) is 24.3 Å². The number of hydrazone groups is 1. The highest BCUT2D eigenvalue weighted by atomic mass is 32.2. The Labute approximate surface area is 238 Å². The second kappa shape index (κ2) is 13.7. The van der Waals surface area contributed by atoms with Crippen LogP contribution in [0.25, 0.3) is 0 Å². The van der Waals surface area contributed by atoms with Crippen molar-refractivity contribution >= 4 is 40.1 Å². The van der Waals surface area contributed by atoms with Crippen molar-refractivity contribution in [3.63, 3.8) is 0 Å². The standard InChI is InChI=1S/C25H36N6O9S/c1-4-39-20(32)9-10-28-25(36)31(15(2)16-5-6-16)41(37,38)22-18(24(34)35)8-7-17(13-29-26)21(22)23(33)30(3)19-14-27-11-12-40-19/h7-8,13,15-16,19,27H,4-6,9-12,14,26H2,1-3H3,(H,28,36)(H,34,35). The molecule has 0 radical (unpaired) electrons. The van der Waals surface area contributed by atoms with Crippen LogP contribution >= 0.6 is 0 Å². The van der Waals surface area contributed by atoms with Crippen LogP contribution < -0.4 is 16.5 Å². The van der Waals surface area contributed by atoms with Crippen molar-refractivity contribution in [3.05, 3.63) is 28.8 Å². The Balaban J connectivity index is 2.16. The van der Waals surface area contributed by atoms with E-state index in [1.807, 2.05) is 0 Å². The molecule has 0 aromatic heterocycles. The predicted octanol–water partition coefficient (Wildman–Crippen LogP) is 0.147. The first-order chi connectivity index (χ1) is 19.4. The van der Waals surface area contributed by atoms with Crippen molar-refractivity contribution in [1.29, 1.82) is 0 Å². The molecule has 0 spiro atoms. The Morgan fingerprint density at radius 3 is 2.59 bits per heavy atom. The van der Waals surface area contributed by atoms with Gasteiger partial charge in [-0.1, -0.05) is 6.07 Å². The van der Waals surface area contributed by atoms with Gasteiger partial charge in [0.2, 0.25) is 0 Å². The number of aromatic carboxylic acids is 1. The normalized spacial score (nSPS) is 18.0. The summed E-state index contributed by atoms with van der Waals surface area (Å²) in [5.74, 6) is 2.07. The zero-order chi connectivity index (χ0) is 30.3. The number of carbonyl (C=O) groups excluding carboxylic acids is 3. The molecule has 41 heavy (non-hydrogen) atoms. The number of morpholine rings is 1. The van der Waals surface area contributed by atoms with E-state index >= 15 is 0 Å². The Kier molecular flexibility index (Phi) is 10.6. The van der Waals surface area contributed by atoms with Gasteiger partial charge in [-0.15, -0.1) is 0 Å². The molecule has 2 aliphatic rings. The fourth-order valence-corrected chi connectivity index (χ4v) is 6.50. The maximum Gasteiger partial charge on any atom is 0.337 e. The molecule has 1 saturated carbocycles. The van der Waals surface area contributed by atoms with E-state index < -0.39 is 62.2 Å². The minimum absolute atomic E-state index is 0.0709. The van der Waals surface area contributed by atoms with Crippen molar-refractivity contribution in [3.8, 4) is 0 Å². The Hall–Kier alpha value is -3.76. The third kappa shape index (κ3) is 7.31. The van der Waals surface area contributed by atoms with Crippen LogP contribution in [0, 0.1) is 5.92 Å². The average Bonchev–Trinajstić information content (AvgIpc) is 3.78. The predicted molar refractivity (Wildman–Crippen MR) is 146 cm³/mol. The number of nitrogens with one attached hydrogen (secondary N) is 2. The van der Waals surface area contributed by atoms with E-state index in [1.54, 1.807) is 6.92 Å². The fraction of sp³-hybridized carbons (Fsp3) is 0.560. The molecule has 2 unspecified atom stereocenters. The first-order valence-corrected chi connectivity index (χ1v) is 14.6. The van der Waals surface area contributed by atoms with Gasteiger partial charge in [-0.05, 0) is 38.7 Å². The van der Waals surface area contributed by atoms with Crippen LogP contribution in [0.1, 0.15) is 59.4 Å². The number of benzene rings is 1. The summed E-state index contributed by atoms with van der Waals surface area (Å²) in [6.07, 6.45) is 1.33. The van der Waals surface area contributed by atoms with Gasteiger partial charge in [0.25, 0.3) is 15.9 Å². The first-order valence-electron chi connectivity index (χ1n) is 13.2. The van der Waals surface area contributed by atoms with Gasteiger partial charge in [-0.3, -0.25) is 9.59 Å². The minimum Gasteiger partial charge on any atom is -0.478 e. The van der Waals surface area contributed by atoms with Gasteiger partial charge in [0.1, 0.15) is 11.1 Å². The molecule has 1 aromatic rings. The molecule has 1 aliphatic heterocycles. The second-order valence-corrected chi connectivity index (χ2v) is 11.4. The third-order valence-corrected chi connectivity index (χ3v) is 8.77. The number of esters is 1. The summed E-state index contributed by atoms with van der Waals surface area (Å²) >= 11 is 0. The Morgan fingerprint density at radius 2 is 2.02 bits per heavy atom. The topological polar surface area (TPSA) is 210 Å². The number of carboxylic acid groups (broad SMARTS) is 1. The minimum atomic E-state index is -5.00. The monoisotopic (exact) mass is 596 g/mol. The largest absolute Gasteiger partial charge is 0.478 e. The molecule has 3 rings (SSSR count). The van der Waals surface area contributed by atoms with E-state index in [0.717, 1.165) is 17.2 Å². The van der Waals surface area contributed by atoms with Crippen LogP contribution in [0.5, 0.6) is 0 Å². The highest BCUT2D eigenvalue weighted by molar-refractivity contribution is 7.89. The van der Waals surface area contributed by atoms with Crippen LogP contribution in [0.2, 0.25) is 0 Å². The van der Waals surface area contributed by atoms with Gasteiger partial charge >= 0.3 is 18.0 Å². The molecule has 1 heterocycles. The Bertz CT molecular complexity index is 1290. The van der Waals surface area contributed by atoms with Gasteiger partial charge in [-0.25, -0.2) is 22.3 Å². The van der Waals surface area contributed by atoms with Crippen LogP contribution in [0.4, 0.5) is 4.79 Å². The Morgan fingerprint density at radius 1 is 1.32 bits per heavy atom. The molecule has 16 heteroatoms. The van der Waals surface area contributed by atoms with Crippen molar-refractivity contribution in [1.82, 2.24) is 19.8 Å². The molecule has 0 bridgehead atoms. The van der Waals surface area contributed by atoms with Crippen molar-refractivity contribution in [2.45, 2.75) is 50.3 Å². The van der Waals surface area contributed by atoms with Gasteiger partial charge in [0.15, 0.2) is 0 Å². The number of likely N-dealkylation sites (N-methyl/N-ethyl adjacent to an activating group) is 1. The molecular weight excluding hydrogens is 560 g/mol. The number of nitrogens with zero attached hydrogens (tertiary/aromatic N) is 3. The molecule has 2 fully saturated rings. The molecule has 2 atom stereocenters. The number of nitrogens with two attached hydrogens (primary N) is 1. The van der Waals surface area contributed by atoms with Crippen LogP contribution in [-0.4, -0.2) is 105 Å². The number of rotatable bonds is 12. The highest BCUT2D eigenvalue weighted by Crippen LogP contribution is 2.39.